The minimum absolute atomic E-state index is 0. The van der Waals surface area contributed by atoms with Gasteiger partial charge in [-0.2, -0.15) is 0 Å². The third-order valence-electron chi connectivity index (χ3n) is 2.53. The first-order chi connectivity index (χ1) is 7.72. The maximum atomic E-state index is 11.5. The molecule has 1 amide bonds. The molecular formula is C13H21ClN2O. The second-order valence-electron chi connectivity index (χ2n) is 4.13. The summed E-state index contributed by atoms with van der Waals surface area (Å²) in [5.41, 5.74) is 6.67. The van der Waals surface area contributed by atoms with E-state index >= 15 is 0 Å². The van der Waals surface area contributed by atoms with E-state index in [0.29, 0.717) is 25.4 Å². The Morgan fingerprint density at radius 1 is 1.35 bits per heavy atom. The smallest absolute Gasteiger partial charge is 0.220 e. The summed E-state index contributed by atoms with van der Waals surface area (Å²) in [7, 11) is 0. The number of halogens is 1. The van der Waals surface area contributed by atoms with Crippen molar-refractivity contribution in [2.75, 3.05) is 13.1 Å². The van der Waals surface area contributed by atoms with Crippen LogP contribution in [0.15, 0.2) is 30.3 Å². The number of carbonyl (C=O) groups is 1. The lowest BCUT2D eigenvalue weighted by Crippen LogP contribution is -2.31. The molecule has 17 heavy (non-hydrogen) atoms. The molecular weight excluding hydrogens is 236 g/mol. The van der Waals surface area contributed by atoms with Crippen molar-refractivity contribution in [3.63, 3.8) is 0 Å². The molecule has 1 aromatic rings. The van der Waals surface area contributed by atoms with Gasteiger partial charge in [-0.1, -0.05) is 37.3 Å². The Hall–Kier alpha value is -1.06. The van der Waals surface area contributed by atoms with Gasteiger partial charge in [-0.15, -0.1) is 12.4 Å². The summed E-state index contributed by atoms with van der Waals surface area (Å²) < 4.78 is 0. The number of rotatable bonds is 6. The van der Waals surface area contributed by atoms with E-state index in [1.165, 1.54) is 5.56 Å². The van der Waals surface area contributed by atoms with Gasteiger partial charge in [-0.3, -0.25) is 4.79 Å². The number of amides is 1. The van der Waals surface area contributed by atoms with Gasteiger partial charge in [0.1, 0.15) is 0 Å². The van der Waals surface area contributed by atoms with Gasteiger partial charge in [0.25, 0.3) is 0 Å². The molecule has 0 aromatic heterocycles. The van der Waals surface area contributed by atoms with Crippen LogP contribution >= 0.6 is 12.4 Å². The molecule has 1 unspecified atom stereocenters. The standard InChI is InChI=1S/C13H20N2O.ClH/c1-11(9-14)10-15-13(16)8-7-12-5-3-2-4-6-12;/h2-6,11H,7-10,14H2,1H3,(H,15,16);1H. The zero-order valence-electron chi connectivity index (χ0n) is 10.2. The highest BCUT2D eigenvalue weighted by Crippen LogP contribution is 2.02. The molecule has 0 aliphatic rings. The Bertz CT molecular complexity index is 316. The average molecular weight is 257 g/mol. The molecule has 96 valence electrons. The number of hydrogen-bond donors (Lipinski definition) is 2. The zero-order valence-corrected chi connectivity index (χ0v) is 11.0. The van der Waals surface area contributed by atoms with Crippen LogP contribution in [0.4, 0.5) is 0 Å². The zero-order chi connectivity index (χ0) is 11.8. The minimum Gasteiger partial charge on any atom is -0.356 e. The summed E-state index contributed by atoms with van der Waals surface area (Å²) in [6.07, 6.45) is 1.34. The Kier molecular flexibility index (Phi) is 8.46. The van der Waals surface area contributed by atoms with Crippen molar-refractivity contribution in [2.24, 2.45) is 11.7 Å². The van der Waals surface area contributed by atoms with Crippen molar-refractivity contribution in [1.29, 1.82) is 0 Å². The van der Waals surface area contributed by atoms with E-state index in [0.717, 1.165) is 6.42 Å². The van der Waals surface area contributed by atoms with Crippen molar-refractivity contribution in [3.05, 3.63) is 35.9 Å². The summed E-state index contributed by atoms with van der Waals surface area (Å²) in [6, 6.07) is 10.0. The lowest BCUT2D eigenvalue weighted by Gasteiger charge is -2.09. The van der Waals surface area contributed by atoms with Crippen LogP contribution in [0.3, 0.4) is 0 Å². The number of nitrogens with one attached hydrogen (secondary N) is 1. The molecule has 0 aliphatic carbocycles. The van der Waals surface area contributed by atoms with Gasteiger partial charge in [-0.05, 0) is 24.4 Å². The van der Waals surface area contributed by atoms with Crippen molar-refractivity contribution in [2.45, 2.75) is 19.8 Å². The Balaban J connectivity index is 0.00000256. The highest BCUT2D eigenvalue weighted by atomic mass is 35.5. The molecule has 3 nitrogen and oxygen atoms in total. The Morgan fingerprint density at radius 3 is 2.59 bits per heavy atom. The maximum absolute atomic E-state index is 11.5. The summed E-state index contributed by atoms with van der Waals surface area (Å²) in [6.45, 7) is 3.31. The highest BCUT2D eigenvalue weighted by Gasteiger charge is 2.04. The van der Waals surface area contributed by atoms with Crippen LogP contribution in [0.25, 0.3) is 0 Å². The number of carbonyl (C=O) groups excluding carboxylic acids is 1. The Morgan fingerprint density at radius 2 is 2.00 bits per heavy atom. The molecule has 4 heteroatoms. The van der Waals surface area contributed by atoms with Crippen LogP contribution in [-0.4, -0.2) is 19.0 Å². The number of hydrogen-bond acceptors (Lipinski definition) is 2. The second-order valence-corrected chi connectivity index (χ2v) is 4.13. The summed E-state index contributed by atoms with van der Waals surface area (Å²) in [5, 5.41) is 2.88. The topological polar surface area (TPSA) is 55.1 Å². The van der Waals surface area contributed by atoms with Gasteiger partial charge < -0.3 is 11.1 Å². The summed E-state index contributed by atoms with van der Waals surface area (Å²) in [5.74, 6) is 0.449. The van der Waals surface area contributed by atoms with Crippen molar-refractivity contribution < 1.29 is 4.79 Å². The molecule has 3 N–H and O–H groups in total. The molecule has 0 heterocycles. The number of nitrogens with two attached hydrogens (primary N) is 1. The minimum atomic E-state index is 0. The van der Waals surface area contributed by atoms with Crippen LogP contribution in [0.1, 0.15) is 18.9 Å². The first-order valence-electron chi connectivity index (χ1n) is 5.73. The first kappa shape index (κ1) is 15.9. The molecule has 0 aliphatic heterocycles. The predicted molar refractivity (Wildman–Crippen MR) is 73.2 cm³/mol. The fourth-order valence-electron chi connectivity index (χ4n) is 1.36. The van der Waals surface area contributed by atoms with Crippen molar-refractivity contribution >= 4 is 18.3 Å². The van der Waals surface area contributed by atoms with Gasteiger partial charge in [-0.25, -0.2) is 0 Å². The van der Waals surface area contributed by atoms with Gasteiger partial charge in [0.15, 0.2) is 0 Å². The molecule has 0 saturated carbocycles. The summed E-state index contributed by atoms with van der Waals surface area (Å²) in [4.78, 5) is 11.5. The Labute approximate surface area is 109 Å². The fraction of sp³-hybridized carbons (Fsp3) is 0.462. The molecule has 1 aromatic carbocycles. The van der Waals surface area contributed by atoms with Crippen LogP contribution in [0.2, 0.25) is 0 Å². The van der Waals surface area contributed by atoms with Crippen molar-refractivity contribution in [1.82, 2.24) is 5.32 Å². The van der Waals surface area contributed by atoms with Crippen LogP contribution in [-0.2, 0) is 11.2 Å². The van der Waals surface area contributed by atoms with E-state index < -0.39 is 0 Å². The second kappa shape index (κ2) is 9.02. The van der Waals surface area contributed by atoms with E-state index in [2.05, 4.69) is 5.32 Å². The normalized spacial score (nSPS) is 11.4. The molecule has 0 fully saturated rings. The van der Waals surface area contributed by atoms with Gasteiger partial charge in [0, 0.05) is 13.0 Å². The SMILES string of the molecule is CC(CN)CNC(=O)CCc1ccccc1.Cl. The maximum Gasteiger partial charge on any atom is 0.220 e. The van der Waals surface area contributed by atoms with E-state index in [-0.39, 0.29) is 18.3 Å². The lowest BCUT2D eigenvalue weighted by molar-refractivity contribution is -0.121. The first-order valence-corrected chi connectivity index (χ1v) is 5.73. The molecule has 0 spiro atoms. The largest absolute Gasteiger partial charge is 0.356 e. The fourth-order valence-corrected chi connectivity index (χ4v) is 1.36. The van der Waals surface area contributed by atoms with Crippen LogP contribution < -0.4 is 11.1 Å². The highest BCUT2D eigenvalue weighted by molar-refractivity contribution is 5.85. The number of benzene rings is 1. The van der Waals surface area contributed by atoms with Gasteiger partial charge in [0.2, 0.25) is 5.91 Å². The van der Waals surface area contributed by atoms with Gasteiger partial charge in [0.05, 0.1) is 0 Å². The third-order valence-corrected chi connectivity index (χ3v) is 2.53. The predicted octanol–water partition coefficient (Wildman–Crippen LogP) is 1.75. The quantitative estimate of drug-likeness (QED) is 0.815. The van der Waals surface area contributed by atoms with E-state index in [4.69, 9.17) is 5.73 Å². The monoisotopic (exact) mass is 256 g/mol. The molecule has 0 saturated heterocycles. The third kappa shape index (κ3) is 6.97. The van der Waals surface area contributed by atoms with E-state index in [1.54, 1.807) is 0 Å². The molecule has 0 radical (unpaired) electrons. The lowest BCUT2D eigenvalue weighted by atomic mass is 10.1. The van der Waals surface area contributed by atoms with Gasteiger partial charge >= 0.3 is 0 Å². The van der Waals surface area contributed by atoms with Crippen LogP contribution in [0.5, 0.6) is 0 Å². The van der Waals surface area contributed by atoms with Crippen molar-refractivity contribution in [3.8, 4) is 0 Å². The van der Waals surface area contributed by atoms with E-state index in [1.807, 2.05) is 37.3 Å². The molecule has 1 rings (SSSR count). The molecule has 1 atom stereocenters. The number of aryl methyl sites for hydroxylation is 1. The van der Waals surface area contributed by atoms with E-state index in [9.17, 15) is 4.79 Å². The van der Waals surface area contributed by atoms with Crippen LogP contribution in [0, 0.1) is 5.92 Å². The average Bonchev–Trinajstić information content (AvgIpc) is 2.34. The molecule has 0 bridgehead atoms. The summed E-state index contributed by atoms with van der Waals surface area (Å²) >= 11 is 0.